The molecule has 5 N–H and O–H groups in total. The Labute approximate surface area is 325 Å². The maximum absolute atomic E-state index is 12.4. The van der Waals surface area contributed by atoms with Gasteiger partial charge in [-0.3, -0.25) is 14.1 Å². The van der Waals surface area contributed by atoms with E-state index in [4.69, 9.17) is 24.0 Å². The Morgan fingerprint density at radius 1 is 0.759 bits per heavy atom. The van der Waals surface area contributed by atoms with Crippen molar-refractivity contribution in [1.29, 1.82) is 0 Å². The molecule has 12 nitrogen and oxygen atoms in total. The Hall–Kier alpha value is -1.63. The van der Waals surface area contributed by atoms with E-state index < -0.39 is 57.1 Å². The zero-order valence-electron chi connectivity index (χ0n) is 33.4. The highest BCUT2D eigenvalue weighted by atomic mass is 31.2. The van der Waals surface area contributed by atoms with Crippen LogP contribution in [0.3, 0.4) is 0 Å². The van der Waals surface area contributed by atoms with Gasteiger partial charge in [-0.05, 0) is 32.1 Å². The molecule has 1 heterocycles. The summed E-state index contributed by atoms with van der Waals surface area (Å²) in [6.45, 7) is 3.35. The molecule has 1 aliphatic heterocycles. The number of aliphatic hydroxyl groups excluding tert-OH is 3. The van der Waals surface area contributed by atoms with E-state index in [0.29, 0.717) is 32.1 Å². The summed E-state index contributed by atoms with van der Waals surface area (Å²) < 4.78 is 32.0. The molecule has 316 valence electrons. The van der Waals surface area contributed by atoms with E-state index >= 15 is 0 Å². The van der Waals surface area contributed by atoms with E-state index in [1.165, 1.54) is 70.6 Å². The number of carbonyl (C=O) groups excluding carboxylic acids is 2. The van der Waals surface area contributed by atoms with Crippen LogP contribution in [0.25, 0.3) is 0 Å². The van der Waals surface area contributed by atoms with Gasteiger partial charge in [-0.15, -0.1) is 0 Å². The number of phosphoric ester groups is 1. The number of ether oxygens (including phenoxy) is 3. The van der Waals surface area contributed by atoms with Gasteiger partial charge in [-0.25, -0.2) is 4.57 Å². The van der Waals surface area contributed by atoms with Crippen molar-refractivity contribution in [2.24, 2.45) is 5.92 Å². The molecular weight excluding hydrogens is 715 g/mol. The molecule has 0 amide bonds. The standard InChI is InChI=1S/C41H75O12P/c1-3-5-7-8-9-10-11-12-13-14-15-16-17-18-24-28-40(45)52-35(33-51-54(47,48)49)32-50-39(44)27-23-20-19-22-26-36-37(43)31-41(46)53-38(36)30-29-34(42)25-21-6-4-2/h19,22,29-30,34-38,41-43,46H,3-18,20-21,23-28,31-33H2,1-2H3,(H2,47,48,49)/b22-19-,30-29+/t34-,35+,36-,37-,38+,41?/m0/s1. The molecule has 0 aromatic heterocycles. The maximum Gasteiger partial charge on any atom is 0.469 e. The summed E-state index contributed by atoms with van der Waals surface area (Å²) >= 11 is 0. The third-order valence-electron chi connectivity index (χ3n) is 9.77. The molecule has 54 heavy (non-hydrogen) atoms. The lowest BCUT2D eigenvalue weighted by Crippen LogP contribution is -2.43. The number of esters is 2. The van der Waals surface area contributed by atoms with Crippen molar-refractivity contribution in [3.63, 3.8) is 0 Å². The fourth-order valence-electron chi connectivity index (χ4n) is 6.53. The fraction of sp³-hybridized carbons (Fsp3) is 0.854. The van der Waals surface area contributed by atoms with E-state index in [0.717, 1.165) is 38.5 Å². The lowest BCUT2D eigenvalue weighted by Gasteiger charge is -2.36. The predicted molar refractivity (Wildman–Crippen MR) is 210 cm³/mol. The monoisotopic (exact) mass is 790 g/mol. The Morgan fingerprint density at radius 2 is 1.31 bits per heavy atom. The number of hydrogen-bond acceptors (Lipinski definition) is 10. The molecule has 1 aliphatic rings. The zero-order chi connectivity index (χ0) is 39.9. The van der Waals surface area contributed by atoms with Gasteiger partial charge >= 0.3 is 19.8 Å². The molecule has 0 bridgehead atoms. The van der Waals surface area contributed by atoms with Crippen LogP contribution in [-0.4, -0.2) is 81.0 Å². The highest BCUT2D eigenvalue weighted by Gasteiger charge is 2.35. The normalized spacial score (nSPS) is 20.4. The molecule has 6 atom stereocenters. The lowest BCUT2D eigenvalue weighted by molar-refractivity contribution is -0.199. The number of allylic oxidation sites excluding steroid dienone is 2. The third kappa shape index (κ3) is 28.7. The summed E-state index contributed by atoms with van der Waals surface area (Å²) in [7, 11) is -4.82. The average molecular weight is 791 g/mol. The van der Waals surface area contributed by atoms with Crippen molar-refractivity contribution in [2.75, 3.05) is 13.2 Å². The number of rotatable bonds is 34. The Morgan fingerprint density at radius 3 is 1.91 bits per heavy atom. The van der Waals surface area contributed by atoms with Gasteiger partial charge in [0.25, 0.3) is 0 Å². The highest BCUT2D eigenvalue weighted by molar-refractivity contribution is 7.46. The van der Waals surface area contributed by atoms with Crippen LogP contribution in [0, 0.1) is 5.92 Å². The molecular formula is C41H75O12P. The summed E-state index contributed by atoms with van der Waals surface area (Å²) in [6.07, 6.45) is 26.6. The molecule has 0 aromatic rings. The number of phosphoric acid groups is 1. The maximum atomic E-state index is 12.4. The van der Waals surface area contributed by atoms with Crippen molar-refractivity contribution < 1.29 is 58.0 Å². The van der Waals surface area contributed by atoms with Gasteiger partial charge in [-0.2, -0.15) is 0 Å². The van der Waals surface area contributed by atoms with Crippen LogP contribution in [0.15, 0.2) is 24.3 Å². The molecule has 1 fully saturated rings. The number of unbranched alkanes of at least 4 members (excludes halogenated alkanes) is 17. The first-order valence-corrected chi connectivity index (χ1v) is 22.6. The summed E-state index contributed by atoms with van der Waals surface area (Å²) in [5.41, 5.74) is 0. The zero-order valence-corrected chi connectivity index (χ0v) is 34.3. The van der Waals surface area contributed by atoms with E-state index in [1.807, 2.05) is 12.2 Å². The van der Waals surface area contributed by atoms with Gasteiger partial charge in [0.15, 0.2) is 12.4 Å². The number of carbonyl (C=O) groups is 2. The summed E-state index contributed by atoms with van der Waals surface area (Å²) in [5.74, 6) is -1.38. The van der Waals surface area contributed by atoms with Crippen molar-refractivity contribution in [1.82, 2.24) is 0 Å². The molecule has 13 heteroatoms. The van der Waals surface area contributed by atoms with Crippen molar-refractivity contribution in [2.45, 2.75) is 205 Å². The van der Waals surface area contributed by atoms with Gasteiger partial charge in [0.05, 0.1) is 24.9 Å². The summed E-state index contributed by atoms with van der Waals surface area (Å²) in [4.78, 5) is 43.1. The number of aliphatic hydroxyl groups is 3. The van der Waals surface area contributed by atoms with Crippen LogP contribution in [0.2, 0.25) is 0 Å². The first kappa shape index (κ1) is 50.4. The average Bonchev–Trinajstić information content (AvgIpc) is 3.12. The van der Waals surface area contributed by atoms with Gasteiger partial charge in [-0.1, -0.05) is 147 Å². The Balaban J connectivity index is 2.32. The molecule has 0 saturated carbocycles. The van der Waals surface area contributed by atoms with Crippen LogP contribution in [0.4, 0.5) is 0 Å². The van der Waals surface area contributed by atoms with E-state index in [-0.39, 0.29) is 31.8 Å². The molecule has 0 aliphatic carbocycles. The second-order valence-electron chi connectivity index (χ2n) is 14.9. The van der Waals surface area contributed by atoms with Gasteiger partial charge in [0, 0.05) is 25.2 Å². The minimum absolute atomic E-state index is 0.0755. The van der Waals surface area contributed by atoms with Crippen LogP contribution in [-0.2, 0) is 32.9 Å². The summed E-state index contributed by atoms with van der Waals surface area (Å²) in [5, 5.41) is 30.8. The Bertz CT molecular complexity index is 1050. The first-order valence-electron chi connectivity index (χ1n) is 21.0. The molecule has 1 saturated heterocycles. The lowest BCUT2D eigenvalue weighted by atomic mass is 9.87. The van der Waals surface area contributed by atoms with Gasteiger partial charge in [0.1, 0.15) is 6.61 Å². The summed E-state index contributed by atoms with van der Waals surface area (Å²) in [6, 6.07) is 0. The quantitative estimate of drug-likeness (QED) is 0.0181. The molecule has 0 radical (unpaired) electrons. The molecule has 0 aromatic carbocycles. The van der Waals surface area contributed by atoms with Crippen molar-refractivity contribution in [3.05, 3.63) is 24.3 Å². The van der Waals surface area contributed by atoms with Crippen LogP contribution in [0.5, 0.6) is 0 Å². The topological polar surface area (TPSA) is 189 Å². The SMILES string of the molecule is CCCCCCCCCCCCCCCCCC(=O)O[C@H](COC(=O)CCC/C=C\C[C@H]1[C@@H](O)CC(O)O[C@@H]1/C=C/[C@@H](O)CCCCC)COP(=O)(O)O. The van der Waals surface area contributed by atoms with Crippen molar-refractivity contribution in [3.8, 4) is 0 Å². The van der Waals surface area contributed by atoms with E-state index in [2.05, 4.69) is 18.4 Å². The largest absolute Gasteiger partial charge is 0.469 e. The van der Waals surface area contributed by atoms with E-state index in [9.17, 15) is 29.5 Å². The molecule has 1 unspecified atom stereocenters. The fourth-order valence-corrected chi connectivity index (χ4v) is 6.89. The van der Waals surface area contributed by atoms with Crippen LogP contribution >= 0.6 is 7.82 Å². The highest BCUT2D eigenvalue weighted by Crippen LogP contribution is 2.36. The van der Waals surface area contributed by atoms with Crippen LogP contribution < -0.4 is 0 Å². The van der Waals surface area contributed by atoms with Crippen LogP contribution in [0.1, 0.15) is 174 Å². The second-order valence-corrected chi connectivity index (χ2v) is 16.1. The Kier molecular flexibility index (Phi) is 30.3. The smallest absolute Gasteiger partial charge is 0.462 e. The molecule has 0 spiro atoms. The molecule has 1 rings (SSSR count). The first-order chi connectivity index (χ1) is 25.9. The minimum Gasteiger partial charge on any atom is -0.462 e. The van der Waals surface area contributed by atoms with E-state index in [1.54, 1.807) is 12.2 Å². The van der Waals surface area contributed by atoms with Gasteiger partial charge < -0.3 is 39.3 Å². The van der Waals surface area contributed by atoms with Gasteiger partial charge in [0.2, 0.25) is 0 Å². The second kappa shape index (κ2) is 32.5. The minimum atomic E-state index is -4.82. The van der Waals surface area contributed by atoms with Crippen molar-refractivity contribution >= 4 is 19.8 Å². The number of hydrogen-bond donors (Lipinski definition) is 5. The predicted octanol–water partition coefficient (Wildman–Crippen LogP) is 8.51. The third-order valence-corrected chi connectivity index (χ3v) is 10.3.